The van der Waals surface area contributed by atoms with Crippen molar-refractivity contribution in [3.63, 3.8) is 0 Å². The first-order valence-electron chi connectivity index (χ1n) is 7.69. The highest BCUT2D eigenvalue weighted by Crippen LogP contribution is 2.30. The van der Waals surface area contributed by atoms with E-state index in [0.29, 0.717) is 17.3 Å². The molecule has 1 N–H and O–H groups in total. The first kappa shape index (κ1) is 17.9. The summed E-state index contributed by atoms with van der Waals surface area (Å²) in [5, 5.41) is 13.5. The second-order valence-corrected chi connectivity index (χ2v) is 8.34. The Hall–Kier alpha value is -1.90. The minimum Gasteiger partial charge on any atom is -0.494 e. The van der Waals surface area contributed by atoms with E-state index >= 15 is 0 Å². The molecule has 0 aliphatic carbocycles. The van der Waals surface area contributed by atoms with Gasteiger partial charge >= 0.3 is 0 Å². The van der Waals surface area contributed by atoms with E-state index in [1.165, 1.54) is 16.2 Å². The molecule has 0 aliphatic heterocycles. The molecule has 5 nitrogen and oxygen atoms in total. The Morgan fingerprint density at radius 1 is 1.32 bits per heavy atom. The van der Waals surface area contributed by atoms with E-state index < -0.39 is 0 Å². The monoisotopic (exact) mass is 391 g/mol. The van der Waals surface area contributed by atoms with Crippen LogP contribution in [0.1, 0.15) is 27.7 Å². The maximum atomic E-state index is 12.4. The molecular formula is C17H17N3O2S3. The molecule has 25 heavy (non-hydrogen) atoms. The standard InChI is InChI=1S/C17H17N3O2S3/c1-3-22-14-7-6-12(9-11(14)2)15(21)18-16-19-20-17(25-16)24-10-13-5-4-8-23-13/h4-9H,3,10H2,1-2H3,(H,18,19,21). The molecule has 0 saturated heterocycles. The van der Waals surface area contributed by atoms with Crippen LogP contribution in [0.4, 0.5) is 5.13 Å². The van der Waals surface area contributed by atoms with Crippen molar-refractivity contribution in [3.8, 4) is 5.75 Å². The molecular weight excluding hydrogens is 374 g/mol. The maximum absolute atomic E-state index is 12.4. The van der Waals surface area contributed by atoms with Crippen LogP contribution in [0.2, 0.25) is 0 Å². The van der Waals surface area contributed by atoms with E-state index in [0.717, 1.165) is 21.4 Å². The third kappa shape index (κ3) is 4.81. The second kappa shape index (κ2) is 8.46. The van der Waals surface area contributed by atoms with Crippen molar-refractivity contribution in [2.24, 2.45) is 0 Å². The first-order chi connectivity index (χ1) is 12.2. The predicted molar refractivity (Wildman–Crippen MR) is 104 cm³/mol. The molecule has 3 aromatic rings. The molecule has 0 spiro atoms. The Balaban J connectivity index is 1.60. The van der Waals surface area contributed by atoms with E-state index in [1.807, 2.05) is 32.0 Å². The zero-order valence-electron chi connectivity index (χ0n) is 13.8. The minimum atomic E-state index is -0.197. The zero-order chi connectivity index (χ0) is 17.6. The number of carbonyl (C=O) groups excluding carboxylic acids is 1. The van der Waals surface area contributed by atoms with Crippen LogP contribution in [0.15, 0.2) is 40.1 Å². The normalized spacial score (nSPS) is 10.6. The van der Waals surface area contributed by atoms with Gasteiger partial charge in [0.15, 0.2) is 4.34 Å². The molecule has 0 atom stereocenters. The summed E-state index contributed by atoms with van der Waals surface area (Å²) in [4.78, 5) is 13.7. The van der Waals surface area contributed by atoms with E-state index in [4.69, 9.17) is 4.74 Å². The lowest BCUT2D eigenvalue weighted by Gasteiger charge is -2.08. The number of thioether (sulfide) groups is 1. The van der Waals surface area contributed by atoms with E-state index in [9.17, 15) is 4.79 Å². The molecule has 8 heteroatoms. The fourth-order valence-electron chi connectivity index (χ4n) is 2.12. The molecule has 0 fully saturated rings. The number of hydrogen-bond acceptors (Lipinski definition) is 7. The SMILES string of the molecule is CCOc1ccc(C(=O)Nc2nnc(SCc3cccs3)s2)cc1C. The lowest BCUT2D eigenvalue weighted by molar-refractivity contribution is 0.102. The summed E-state index contributed by atoms with van der Waals surface area (Å²) < 4.78 is 6.34. The van der Waals surface area contributed by atoms with Gasteiger partial charge in [-0.25, -0.2) is 0 Å². The molecule has 0 saturated carbocycles. The van der Waals surface area contributed by atoms with Crippen molar-refractivity contribution >= 4 is 45.5 Å². The van der Waals surface area contributed by atoms with Gasteiger partial charge in [0.2, 0.25) is 5.13 Å². The van der Waals surface area contributed by atoms with Gasteiger partial charge in [-0.15, -0.1) is 21.5 Å². The molecule has 1 aromatic carbocycles. The Morgan fingerprint density at radius 2 is 2.20 bits per heavy atom. The Kier molecular flexibility index (Phi) is 6.06. The number of thiophene rings is 1. The lowest BCUT2D eigenvalue weighted by atomic mass is 10.1. The quantitative estimate of drug-likeness (QED) is 0.461. The summed E-state index contributed by atoms with van der Waals surface area (Å²) in [6.45, 7) is 4.46. The van der Waals surface area contributed by atoms with Gasteiger partial charge in [-0.3, -0.25) is 10.1 Å². The zero-order valence-corrected chi connectivity index (χ0v) is 16.3. The average Bonchev–Trinajstić information content (AvgIpc) is 3.26. The number of anilines is 1. The van der Waals surface area contributed by atoms with E-state index in [-0.39, 0.29) is 5.91 Å². The molecule has 0 aliphatic rings. The van der Waals surface area contributed by atoms with E-state index in [2.05, 4.69) is 27.0 Å². The third-order valence-corrected chi connectivity index (χ3v) is 6.36. The topological polar surface area (TPSA) is 64.1 Å². The molecule has 0 bridgehead atoms. The van der Waals surface area contributed by atoms with Crippen molar-refractivity contribution in [2.45, 2.75) is 23.9 Å². The van der Waals surface area contributed by atoms with Crippen LogP contribution in [0, 0.1) is 6.92 Å². The Bertz CT molecular complexity index is 847. The first-order valence-corrected chi connectivity index (χ1v) is 10.4. The van der Waals surface area contributed by atoms with Crippen molar-refractivity contribution in [3.05, 3.63) is 51.7 Å². The fraction of sp³-hybridized carbons (Fsp3) is 0.235. The van der Waals surface area contributed by atoms with Gasteiger partial charge in [-0.05, 0) is 49.1 Å². The highest BCUT2D eigenvalue weighted by molar-refractivity contribution is 8.00. The smallest absolute Gasteiger partial charge is 0.257 e. The van der Waals surface area contributed by atoms with Crippen LogP contribution in [-0.4, -0.2) is 22.7 Å². The Labute approximate surface area is 158 Å². The highest BCUT2D eigenvalue weighted by atomic mass is 32.2. The van der Waals surface area contributed by atoms with Crippen molar-refractivity contribution < 1.29 is 9.53 Å². The number of nitrogens with zero attached hydrogens (tertiary/aromatic N) is 2. The average molecular weight is 392 g/mol. The van der Waals surface area contributed by atoms with Gasteiger partial charge in [-0.2, -0.15) is 0 Å². The van der Waals surface area contributed by atoms with Crippen LogP contribution in [0.3, 0.4) is 0 Å². The third-order valence-electron chi connectivity index (χ3n) is 3.28. The summed E-state index contributed by atoms with van der Waals surface area (Å²) in [6.07, 6.45) is 0. The van der Waals surface area contributed by atoms with Gasteiger partial charge < -0.3 is 4.74 Å². The molecule has 3 rings (SSSR count). The second-order valence-electron chi connectivity index (χ2n) is 5.11. The summed E-state index contributed by atoms with van der Waals surface area (Å²) in [5.74, 6) is 1.46. The minimum absolute atomic E-state index is 0.197. The number of aromatic nitrogens is 2. The lowest BCUT2D eigenvalue weighted by Crippen LogP contribution is -2.12. The van der Waals surface area contributed by atoms with Gasteiger partial charge in [0.25, 0.3) is 5.91 Å². The summed E-state index contributed by atoms with van der Waals surface area (Å²) in [5.41, 5.74) is 1.50. The van der Waals surface area contributed by atoms with Gasteiger partial charge in [0.1, 0.15) is 5.75 Å². The molecule has 2 heterocycles. The van der Waals surface area contributed by atoms with Crippen LogP contribution < -0.4 is 10.1 Å². The Morgan fingerprint density at radius 3 is 2.92 bits per heavy atom. The van der Waals surface area contributed by atoms with Gasteiger partial charge in [0, 0.05) is 16.2 Å². The molecule has 0 radical (unpaired) electrons. The summed E-state index contributed by atoms with van der Waals surface area (Å²) in [7, 11) is 0. The summed E-state index contributed by atoms with van der Waals surface area (Å²) in [6, 6.07) is 9.51. The number of benzene rings is 1. The molecule has 130 valence electrons. The van der Waals surface area contributed by atoms with Crippen LogP contribution in [0.5, 0.6) is 5.75 Å². The number of hydrogen-bond donors (Lipinski definition) is 1. The maximum Gasteiger partial charge on any atom is 0.257 e. The van der Waals surface area contributed by atoms with Crippen molar-refractivity contribution in [1.29, 1.82) is 0 Å². The van der Waals surface area contributed by atoms with Crippen molar-refractivity contribution in [2.75, 3.05) is 11.9 Å². The van der Waals surface area contributed by atoms with Crippen molar-refractivity contribution in [1.82, 2.24) is 10.2 Å². The molecule has 0 unspecified atom stereocenters. The van der Waals surface area contributed by atoms with Gasteiger partial charge in [-0.1, -0.05) is 29.2 Å². The van der Waals surface area contributed by atoms with E-state index in [1.54, 1.807) is 29.2 Å². The fourth-order valence-corrected chi connectivity index (χ4v) is 4.64. The van der Waals surface area contributed by atoms with Crippen LogP contribution in [-0.2, 0) is 5.75 Å². The van der Waals surface area contributed by atoms with Crippen LogP contribution in [0.25, 0.3) is 0 Å². The largest absolute Gasteiger partial charge is 0.494 e. The highest BCUT2D eigenvalue weighted by Gasteiger charge is 2.12. The number of nitrogens with one attached hydrogen (secondary N) is 1. The number of amides is 1. The number of carbonyl (C=O) groups is 1. The predicted octanol–water partition coefficient (Wildman–Crippen LogP) is 4.85. The molecule has 2 aromatic heterocycles. The summed E-state index contributed by atoms with van der Waals surface area (Å²) >= 11 is 4.72. The molecule has 1 amide bonds. The number of ether oxygens (including phenoxy) is 1. The number of aryl methyl sites for hydroxylation is 1. The van der Waals surface area contributed by atoms with Crippen LogP contribution >= 0.6 is 34.4 Å². The van der Waals surface area contributed by atoms with Gasteiger partial charge in [0.05, 0.1) is 6.61 Å². The number of rotatable bonds is 7.